The third kappa shape index (κ3) is 4.85. The minimum atomic E-state index is -5.33. The summed E-state index contributed by atoms with van der Waals surface area (Å²) in [5.74, 6) is -2.57. The van der Waals surface area contributed by atoms with Gasteiger partial charge in [0.05, 0.1) is 0 Å². The van der Waals surface area contributed by atoms with Gasteiger partial charge in [-0.1, -0.05) is 6.08 Å². The molecule has 0 fully saturated rings. The standard InChI is InChI=1S/C8H7F6NO/c1-2-3-15-5(7(9,10)11)4-6(16)8(12,13)14/h2,4,15H,1,3H2. The summed E-state index contributed by atoms with van der Waals surface area (Å²) in [5, 5.41) is 1.61. The van der Waals surface area contributed by atoms with Gasteiger partial charge in [-0.3, -0.25) is 4.79 Å². The van der Waals surface area contributed by atoms with Crippen LogP contribution in [0.2, 0.25) is 0 Å². The van der Waals surface area contributed by atoms with Crippen LogP contribution >= 0.6 is 0 Å². The highest BCUT2D eigenvalue weighted by atomic mass is 19.4. The van der Waals surface area contributed by atoms with Gasteiger partial charge in [0.15, 0.2) is 0 Å². The quantitative estimate of drug-likeness (QED) is 0.469. The molecule has 0 aromatic carbocycles. The molecule has 0 saturated carbocycles. The number of allylic oxidation sites excluding steroid dienone is 2. The van der Waals surface area contributed by atoms with Crippen LogP contribution in [0, 0.1) is 0 Å². The van der Waals surface area contributed by atoms with E-state index in [-0.39, 0.29) is 0 Å². The van der Waals surface area contributed by atoms with Crippen molar-refractivity contribution in [2.24, 2.45) is 0 Å². The Bertz CT molecular complexity index is 301. The highest BCUT2D eigenvalue weighted by molar-refractivity contribution is 5.95. The molecule has 0 aliphatic carbocycles. The fourth-order valence-electron chi connectivity index (χ4n) is 0.628. The molecule has 0 aromatic rings. The van der Waals surface area contributed by atoms with Crippen LogP contribution in [0.5, 0.6) is 0 Å². The maximum atomic E-state index is 12.1. The zero-order chi connectivity index (χ0) is 13.0. The van der Waals surface area contributed by atoms with E-state index in [2.05, 4.69) is 6.58 Å². The molecule has 0 heterocycles. The van der Waals surface area contributed by atoms with Gasteiger partial charge in [-0.05, 0) is 0 Å². The minimum Gasteiger partial charge on any atom is -0.377 e. The molecule has 0 radical (unpaired) electrons. The van der Waals surface area contributed by atoms with Crippen LogP contribution in [0.4, 0.5) is 26.3 Å². The van der Waals surface area contributed by atoms with E-state index in [0.717, 1.165) is 6.08 Å². The van der Waals surface area contributed by atoms with E-state index in [4.69, 9.17) is 0 Å². The highest BCUT2D eigenvalue weighted by Crippen LogP contribution is 2.25. The molecule has 0 aliphatic rings. The topological polar surface area (TPSA) is 29.1 Å². The van der Waals surface area contributed by atoms with Gasteiger partial charge in [0.2, 0.25) is 0 Å². The van der Waals surface area contributed by atoms with Gasteiger partial charge in [-0.2, -0.15) is 26.3 Å². The Labute approximate surface area is 86.6 Å². The van der Waals surface area contributed by atoms with E-state index in [9.17, 15) is 31.1 Å². The third-order valence-corrected chi connectivity index (χ3v) is 1.30. The lowest BCUT2D eigenvalue weighted by Gasteiger charge is -2.13. The monoisotopic (exact) mass is 247 g/mol. The van der Waals surface area contributed by atoms with Crippen molar-refractivity contribution >= 4 is 5.78 Å². The fourth-order valence-corrected chi connectivity index (χ4v) is 0.628. The molecule has 1 N–H and O–H groups in total. The lowest BCUT2D eigenvalue weighted by Crippen LogP contribution is -2.30. The molecular formula is C8H7F6NO. The van der Waals surface area contributed by atoms with Crippen molar-refractivity contribution < 1.29 is 31.1 Å². The Morgan fingerprint density at radius 3 is 1.94 bits per heavy atom. The molecule has 2 nitrogen and oxygen atoms in total. The van der Waals surface area contributed by atoms with E-state index in [1.54, 1.807) is 5.32 Å². The molecule has 0 aliphatic heterocycles. The van der Waals surface area contributed by atoms with Crippen LogP contribution in [0.1, 0.15) is 0 Å². The summed E-state index contributed by atoms with van der Waals surface area (Å²) in [4.78, 5) is 10.3. The van der Waals surface area contributed by atoms with Crippen LogP contribution in [-0.4, -0.2) is 24.7 Å². The van der Waals surface area contributed by atoms with Gasteiger partial charge >= 0.3 is 12.4 Å². The predicted molar refractivity (Wildman–Crippen MR) is 43.4 cm³/mol. The van der Waals surface area contributed by atoms with Gasteiger partial charge < -0.3 is 5.32 Å². The summed E-state index contributed by atoms with van der Waals surface area (Å²) >= 11 is 0. The number of ketones is 1. The number of hydrogen-bond donors (Lipinski definition) is 1. The van der Waals surface area contributed by atoms with Gasteiger partial charge in [0.1, 0.15) is 5.70 Å². The average Bonchev–Trinajstić information content (AvgIpc) is 2.08. The van der Waals surface area contributed by atoms with Gasteiger partial charge in [-0.15, -0.1) is 6.58 Å². The van der Waals surface area contributed by atoms with Crippen molar-refractivity contribution in [1.82, 2.24) is 5.32 Å². The van der Waals surface area contributed by atoms with Crippen LogP contribution in [0.25, 0.3) is 0 Å². The number of carbonyl (C=O) groups is 1. The van der Waals surface area contributed by atoms with Crippen molar-refractivity contribution in [3.05, 3.63) is 24.4 Å². The van der Waals surface area contributed by atoms with Crippen molar-refractivity contribution in [2.75, 3.05) is 6.54 Å². The van der Waals surface area contributed by atoms with E-state index in [0.29, 0.717) is 0 Å². The average molecular weight is 247 g/mol. The molecule has 0 rings (SSSR count). The number of halogens is 6. The van der Waals surface area contributed by atoms with Crippen molar-refractivity contribution in [2.45, 2.75) is 12.4 Å². The summed E-state index contributed by atoms with van der Waals surface area (Å²) in [6, 6.07) is 0. The van der Waals surface area contributed by atoms with Crippen LogP contribution in [0.15, 0.2) is 24.4 Å². The molecule has 92 valence electrons. The van der Waals surface area contributed by atoms with E-state index < -0.39 is 36.5 Å². The second kappa shape index (κ2) is 5.04. The number of hydrogen-bond acceptors (Lipinski definition) is 2. The summed E-state index contributed by atoms with van der Waals surface area (Å²) < 4.78 is 71.5. The number of rotatable bonds is 4. The first-order valence-electron chi connectivity index (χ1n) is 3.84. The maximum Gasteiger partial charge on any atom is 0.454 e. The molecule has 0 aromatic heterocycles. The number of nitrogens with one attached hydrogen (secondary N) is 1. The first-order chi connectivity index (χ1) is 7.09. The summed E-state index contributed by atoms with van der Waals surface area (Å²) in [6.45, 7) is 2.67. The van der Waals surface area contributed by atoms with Crippen LogP contribution in [0.3, 0.4) is 0 Å². The Morgan fingerprint density at radius 2 is 1.62 bits per heavy atom. The van der Waals surface area contributed by atoms with Crippen LogP contribution < -0.4 is 5.32 Å². The summed E-state index contributed by atoms with van der Waals surface area (Å²) in [7, 11) is 0. The molecule has 0 atom stereocenters. The van der Waals surface area contributed by atoms with E-state index in [1.165, 1.54) is 0 Å². The van der Waals surface area contributed by atoms with E-state index in [1.807, 2.05) is 0 Å². The Morgan fingerprint density at radius 1 is 1.12 bits per heavy atom. The molecule has 0 unspecified atom stereocenters. The smallest absolute Gasteiger partial charge is 0.377 e. The normalized spacial score (nSPS) is 13.5. The van der Waals surface area contributed by atoms with Gasteiger partial charge in [-0.25, -0.2) is 0 Å². The Kier molecular flexibility index (Phi) is 4.58. The van der Waals surface area contributed by atoms with Crippen LogP contribution in [-0.2, 0) is 4.79 Å². The van der Waals surface area contributed by atoms with Crippen molar-refractivity contribution in [3.8, 4) is 0 Å². The Balaban J connectivity index is 4.97. The molecule has 16 heavy (non-hydrogen) atoms. The number of alkyl halides is 6. The lowest BCUT2D eigenvalue weighted by atomic mass is 10.3. The second-order valence-corrected chi connectivity index (χ2v) is 2.59. The zero-order valence-corrected chi connectivity index (χ0v) is 7.74. The van der Waals surface area contributed by atoms with Gasteiger partial charge in [0, 0.05) is 12.6 Å². The van der Waals surface area contributed by atoms with Gasteiger partial charge in [0.25, 0.3) is 5.78 Å². The zero-order valence-electron chi connectivity index (χ0n) is 7.74. The second-order valence-electron chi connectivity index (χ2n) is 2.59. The Hall–Kier alpha value is -1.47. The van der Waals surface area contributed by atoms with Crippen molar-refractivity contribution in [1.29, 1.82) is 0 Å². The van der Waals surface area contributed by atoms with E-state index >= 15 is 0 Å². The highest BCUT2D eigenvalue weighted by Gasteiger charge is 2.41. The molecule has 8 heteroatoms. The molecule has 0 bridgehead atoms. The maximum absolute atomic E-state index is 12.1. The predicted octanol–water partition coefficient (Wildman–Crippen LogP) is 2.34. The third-order valence-electron chi connectivity index (χ3n) is 1.30. The molecular weight excluding hydrogens is 240 g/mol. The lowest BCUT2D eigenvalue weighted by molar-refractivity contribution is -0.166. The molecule has 0 saturated heterocycles. The minimum absolute atomic E-state index is 0.406. The number of carbonyl (C=O) groups excluding carboxylic acids is 1. The summed E-state index contributed by atoms with van der Waals surface area (Å²) in [6.07, 6.45) is -9.89. The van der Waals surface area contributed by atoms with Crippen molar-refractivity contribution in [3.63, 3.8) is 0 Å². The SMILES string of the molecule is C=CCNC(=CC(=O)C(F)(F)F)C(F)(F)F. The summed E-state index contributed by atoms with van der Waals surface area (Å²) in [5.41, 5.74) is -1.75. The molecule has 0 spiro atoms. The fraction of sp³-hybridized carbons (Fsp3) is 0.375. The largest absolute Gasteiger partial charge is 0.454 e. The first-order valence-corrected chi connectivity index (χ1v) is 3.84. The first kappa shape index (κ1) is 14.5. The molecule has 0 amide bonds.